The van der Waals surface area contributed by atoms with E-state index in [4.69, 9.17) is 0 Å². The molecule has 6 nitrogen and oxygen atoms in total. The highest BCUT2D eigenvalue weighted by Crippen LogP contribution is 1.87. The Balaban J connectivity index is 3.82. The van der Waals surface area contributed by atoms with Crippen molar-refractivity contribution in [1.29, 1.82) is 0 Å². The topological polar surface area (TPSA) is 98.5 Å². The van der Waals surface area contributed by atoms with Crippen LogP contribution in [0, 0.1) is 0 Å². The number of amides is 1. The molecule has 0 saturated carbocycles. The maximum atomic E-state index is 11.1. The van der Waals surface area contributed by atoms with E-state index in [0.29, 0.717) is 0 Å². The van der Waals surface area contributed by atoms with Crippen LogP contribution in [0.5, 0.6) is 0 Å². The van der Waals surface area contributed by atoms with E-state index in [1.165, 1.54) is 13.8 Å². The molecule has 0 aromatic heterocycles. The van der Waals surface area contributed by atoms with Gasteiger partial charge in [0.25, 0.3) is 0 Å². The molecule has 1 unspecified atom stereocenters. The predicted molar refractivity (Wildman–Crippen MR) is 50.5 cm³/mol. The van der Waals surface area contributed by atoms with Gasteiger partial charge in [-0.2, -0.15) is 5.90 Å². The van der Waals surface area contributed by atoms with Gasteiger partial charge >= 0.3 is 5.97 Å². The Morgan fingerprint density at radius 2 is 2.07 bits per heavy atom. The van der Waals surface area contributed by atoms with Gasteiger partial charge in [-0.15, -0.1) is 0 Å². The fourth-order valence-electron chi connectivity index (χ4n) is 0.764. The zero-order valence-electron chi connectivity index (χ0n) is 8.20. The summed E-state index contributed by atoms with van der Waals surface area (Å²) in [5, 5.41) is 2.34. The van der Waals surface area contributed by atoms with Crippen LogP contribution in [-0.2, 0) is 19.2 Å². The molecular weight excluding hydrogens is 187 g/mol. The zero-order valence-corrected chi connectivity index (χ0v) is 8.20. The Bertz CT molecular complexity index is 244. The van der Waals surface area contributed by atoms with Crippen molar-refractivity contribution < 1.29 is 19.2 Å². The molecule has 0 heterocycles. The van der Waals surface area contributed by atoms with E-state index in [-0.39, 0.29) is 25.2 Å². The summed E-state index contributed by atoms with van der Waals surface area (Å²) in [6.45, 7) is 2.84. The van der Waals surface area contributed by atoms with Gasteiger partial charge in [-0.05, 0) is 13.8 Å². The van der Waals surface area contributed by atoms with Crippen LogP contribution in [0.2, 0.25) is 6.32 Å². The molecule has 0 aliphatic rings. The largest absolute Gasteiger partial charge is 0.372 e. The lowest BCUT2D eigenvalue weighted by atomic mass is 9.70. The first-order chi connectivity index (χ1) is 6.47. The lowest BCUT2D eigenvalue weighted by Crippen LogP contribution is -2.40. The third kappa shape index (κ3) is 5.31. The summed E-state index contributed by atoms with van der Waals surface area (Å²) in [4.78, 5) is 36.3. The molecule has 0 aromatic carbocycles. The minimum absolute atomic E-state index is 0.0670. The number of hydrogen-bond donors (Lipinski definition) is 2. The maximum Gasteiger partial charge on any atom is 0.346 e. The van der Waals surface area contributed by atoms with E-state index in [1.807, 2.05) is 0 Å². The molecule has 14 heavy (non-hydrogen) atoms. The van der Waals surface area contributed by atoms with E-state index in [1.54, 1.807) is 0 Å². The molecule has 1 atom stereocenters. The molecule has 78 valence electrons. The molecule has 7 heteroatoms. The molecule has 1 amide bonds. The second-order valence-corrected chi connectivity index (χ2v) is 2.93. The Morgan fingerprint density at radius 3 is 2.50 bits per heavy atom. The Hall–Kier alpha value is -1.37. The van der Waals surface area contributed by atoms with Crippen LogP contribution < -0.4 is 11.2 Å². The molecule has 0 aliphatic carbocycles. The number of carbonyl (C=O) groups excluding carboxylic acids is 3. The predicted octanol–water partition coefficient (Wildman–Crippen LogP) is -1.69. The minimum atomic E-state index is -0.792. The van der Waals surface area contributed by atoms with Crippen LogP contribution in [0.25, 0.3) is 0 Å². The Labute approximate surface area is 82.4 Å². The van der Waals surface area contributed by atoms with Gasteiger partial charge in [0.05, 0.1) is 5.68 Å². The van der Waals surface area contributed by atoms with Gasteiger partial charge in [0, 0.05) is 6.32 Å². The highest BCUT2D eigenvalue weighted by Gasteiger charge is 2.16. The summed E-state index contributed by atoms with van der Waals surface area (Å²) < 4.78 is 0. The highest BCUT2D eigenvalue weighted by molar-refractivity contribution is 6.75. The van der Waals surface area contributed by atoms with Crippen LogP contribution >= 0.6 is 0 Å². The van der Waals surface area contributed by atoms with E-state index in [9.17, 15) is 14.4 Å². The zero-order chi connectivity index (χ0) is 11.1. The van der Waals surface area contributed by atoms with E-state index in [0.717, 1.165) is 0 Å². The fourth-order valence-corrected chi connectivity index (χ4v) is 0.764. The van der Waals surface area contributed by atoms with Crippen LogP contribution in [-0.4, -0.2) is 30.9 Å². The van der Waals surface area contributed by atoms with E-state index >= 15 is 0 Å². The summed E-state index contributed by atoms with van der Waals surface area (Å²) in [7, 11) is 0.163. The van der Waals surface area contributed by atoms with Gasteiger partial charge in [0.2, 0.25) is 13.2 Å². The summed E-state index contributed by atoms with van der Waals surface area (Å²) in [6, 6.07) is -0.792. The molecule has 0 radical (unpaired) electrons. The molecule has 0 saturated heterocycles. The van der Waals surface area contributed by atoms with Crippen LogP contribution in [0.15, 0.2) is 0 Å². The normalized spacial score (nSPS) is 11.4. The first-order valence-corrected chi connectivity index (χ1v) is 4.16. The first kappa shape index (κ1) is 12.6. The van der Waals surface area contributed by atoms with Crippen LogP contribution in [0.4, 0.5) is 0 Å². The number of hydrogen-bond acceptors (Lipinski definition) is 5. The van der Waals surface area contributed by atoms with Crippen molar-refractivity contribution in [2.45, 2.75) is 26.2 Å². The fraction of sp³-hybridized carbons (Fsp3) is 0.571. The number of nitrogens with two attached hydrogens (primary N) is 1. The van der Waals surface area contributed by atoms with E-state index < -0.39 is 12.0 Å². The molecule has 0 rings (SSSR count). The van der Waals surface area contributed by atoms with Crippen molar-refractivity contribution in [2.24, 2.45) is 5.90 Å². The van der Waals surface area contributed by atoms with E-state index in [2.05, 4.69) is 16.1 Å². The highest BCUT2D eigenvalue weighted by atomic mass is 16.7. The van der Waals surface area contributed by atoms with Crippen molar-refractivity contribution in [3.63, 3.8) is 0 Å². The average molecular weight is 200 g/mol. The van der Waals surface area contributed by atoms with Gasteiger partial charge in [-0.3, -0.25) is 4.79 Å². The second-order valence-electron chi connectivity index (χ2n) is 2.93. The quantitative estimate of drug-likeness (QED) is 0.407. The molecule has 0 aromatic rings. The maximum absolute atomic E-state index is 11.1. The van der Waals surface area contributed by atoms with Crippen LogP contribution in [0.1, 0.15) is 13.8 Å². The monoisotopic (exact) mass is 200 g/mol. The van der Waals surface area contributed by atoms with Crippen molar-refractivity contribution in [3.8, 4) is 0 Å². The first-order valence-electron chi connectivity index (χ1n) is 4.16. The van der Waals surface area contributed by atoms with Crippen molar-refractivity contribution >= 4 is 24.8 Å². The lowest BCUT2D eigenvalue weighted by molar-refractivity contribution is -0.147. The molecule has 0 fully saturated rings. The SMILES string of the molecule is CC(=O)BCC(=O)NC(C)C(=O)ON. The van der Waals surface area contributed by atoms with Crippen molar-refractivity contribution in [2.75, 3.05) is 0 Å². The third-order valence-electron chi connectivity index (χ3n) is 1.55. The Kier molecular flexibility index (Phi) is 5.54. The van der Waals surface area contributed by atoms with Crippen molar-refractivity contribution in [1.82, 2.24) is 5.32 Å². The molecule has 0 aliphatic heterocycles. The van der Waals surface area contributed by atoms with Crippen molar-refractivity contribution in [3.05, 3.63) is 0 Å². The smallest absolute Gasteiger partial charge is 0.346 e. The third-order valence-corrected chi connectivity index (χ3v) is 1.55. The molecule has 0 spiro atoms. The minimum Gasteiger partial charge on any atom is -0.372 e. The summed E-state index contributed by atoms with van der Waals surface area (Å²) in [6.07, 6.45) is 0.0670. The summed E-state index contributed by atoms with van der Waals surface area (Å²) >= 11 is 0. The lowest BCUT2D eigenvalue weighted by Gasteiger charge is -2.09. The van der Waals surface area contributed by atoms with Gasteiger partial charge in [-0.1, -0.05) is 0 Å². The average Bonchev–Trinajstić information content (AvgIpc) is 2.13. The van der Waals surface area contributed by atoms with Crippen LogP contribution in [0.3, 0.4) is 0 Å². The van der Waals surface area contributed by atoms with Gasteiger partial charge in [-0.25, -0.2) is 4.79 Å². The molecule has 0 bridgehead atoms. The number of carbonyl (C=O) groups is 3. The number of rotatable bonds is 5. The Morgan fingerprint density at radius 1 is 1.50 bits per heavy atom. The summed E-state index contributed by atoms with van der Waals surface area (Å²) in [5.74, 6) is 3.52. The number of nitrogens with one attached hydrogen (secondary N) is 1. The van der Waals surface area contributed by atoms with Gasteiger partial charge < -0.3 is 14.9 Å². The standard InChI is InChI=1S/C7H13BN2O4/c1-4(7(13)14-9)10-6(12)3-8-5(2)11/h4,8H,3,9H2,1-2H3,(H,10,12). The summed E-state index contributed by atoms with van der Waals surface area (Å²) in [5.41, 5.74) is -0.0748. The molecular formula is C7H13BN2O4. The second kappa shape index (κ2) is 6.14. The molecule has 3 N–H and O–H groups in total. The van der Waals surface area contributed by atoms with Gasteiger partial charge in [0.15, 0.2) is 0 Å². The van der Waals surface area contributed by atoms with Gasteiger partial charge in [0.1, 0.15) is 6.04 Å².